The fourth-order valence-corrected chi connectivity index (χ4v) is 1.78. The maximum atomic E-state index is 11.7. The molecule has 0 radical (unpaired) electrons. The zero-order chi connectivity index (χ0) is 15.2. The molecular weight excluding hydrogens is 276 g/mol. The Morgan fingerprint density at radius 3 is 2.95 bits per heavy atom. The standard InChI is InChI=1S/C12H16N6O3/c1-17-11(20)4-6-18(12(17)21)7-10(19)13-5-2-3-9-14-8-15-16-9/h4,6,8H,2-3,5,7H2,1H3,(H,13,19)(H,14,15,16). The van der Waals surface area contributed by atoms with Crippen LogP contribution in [0.25, 0.3) is 0 Å². The minimum atomic E-state index is -0.515. The van der Waals surface area contributed by atoms with E-state index in [0.29, 0.717) is 19.4 Å². The lowest BCUT2D eigenvalue weighted by Gasteiger charge is -2.07. The van der Waals surface area contributed by atoms with Crippen molar-refractivity contribution >= 4 is 5.91 Å². The van der Waals surface area contributed by atoms with Crippen LogP contribution in [0, 0.1) is 0 Å². The number of aryl methyl sites for hydroxylation is 1. The van der Waals surface area contributed by atoms with Crippen LogP contribution in [0.3, 0.4) is 0 Å². The van der Waals surface area contributed by atoms with Crippen LogP contribution >= 0.6 is 0 Å². The fourth-order valence-electron chi connectivity index (χ4n) is 1.78. The molecule has 2 N–H and O–H groups in total. The predicted molar refractivity (Wildman–Crippen MR) is 73.7 cm³/mol. The molecule has 2 aromatic rings. The molecule has 0 atom stereocenters. The number of carbonyl (C=O) groups is 1. The Morgan fingerprint density at radius 1 is 1.43 bits per heavy atom. The molecule has 0 saturated heterocycles. The quantitative estimate of drug-likeness (QED) is 0.623. The number of nitrogens with one attached hydrogen (secondary N) is 2. The molecule has 2 rings (SSSR count). The van der Waals surface area contributed by atoms with Crippen molar-refractivity contribution in [2.75, 3.05) is 6.54 Å². The van der Waals surface area contributed by atoms with Gasteiger partial charge in [-0.05, 0) is 6.42 Å². The third kappa shape index (κ3) is 3.88. The molecule has 2 aromatic heterocycles. The van der Waals surface area contributed by atoms with Gasteiger partial charge in [-0.1, -0.05) is 0 Å². The number of rotatable bonds is 6. The van der Waals surface area contributed by atoms with Crippen molar-refractivity contribution in [2.45, 2.75) is 19.4 Å². The summed E-state index contributed by atoms with van der Waals surface area (Å²) >= 11 is 0. The number of aromatic nitrogens is 5. The average Bonchev–Trinajstić information content (AvgIpc) is 2.98. The van der Waals surface area contributed by atoms with Gasteiger partial charge in [0.2, 0.25) is 5.91 Å². The first-order valence-electron chi connectivity index (χ1n) is 6.45. The van der Waals surface area contributed by atoms with Gasteiger partial charge in [0.15, 0.2) is 0 Å². The van der Waals surface area contributed by atoms with E-state index >= 15 is 0 Å². The van der Waals surface area contributed by atoms with Gasteiger partial charge in [-0.3, -0.25) is 23.8 Å². The Balaban J connectivity index is 1.81. The number of hydrogen-bond acceptors (Lipinski definition) is 5. The molecule has 0 aromatic carbocycles. The van der Waals surface area contributed by atoms with Crippen molar-refractivity contribution < 1.29 is 4.79 Å². The number of nitrogens with zero attached hydrogens (tertiary/aromatic N) is 4. The van der Waals surface area contributed by atoms with Gasteiger partial charge in [-0.15, -0.1) is 0 Å². The minimum absolute atomic E-state index is 0.116. The molecule has 0 aliphatic carbocycles. The van der Waals surface area contributed by atoms with E-state index in [1.54, 1.807) is 0 Å². The zero-order valence-corrected chi connectivity index (χ0v) is 11.6. The summed E-state index contributed by atoms with van der Waals surface area (Å²) in [5.41, 5.74) is -0.914. The van der Waals surface area contributed by atoms with Gasteiger partial charge < -0.3 is 5.32 Å². The highest BCUT2D eigenvalue weighted by molar-refractivity contribution is 5.75. The zero-order valence-electron chi connectivity index (χ0n) is 11.6. The van der Waals surface area contributed by atoms with Gasteiger partial charge in [0.05, 0.1) is 0 Å². The van der Waals surface area contributed by atoms with E-state index in [-0.39, 0.29) is 12.5 Å². The van der Waals surface area contributed by atoms with E-state index in [9.17, 15) is 14.4 Å². The normalized spacial score (nSPS) is 10.5. The summed E-state index contributed by atoms with van der Waals surface area (Å²) in [6.45, 7) is 0.356. The van der Waals surface area contributed by atoms with Gasteiger partial charge in [-0.25, -0.2) is 9.78 Å². The molecule has 0 aliphatic heterocycles. The molecule has 0 unspecified atom stereocenters. The number of carbonyl (C=O) groups excluding carboxylic acids is 1. The number of H-pyrrole nitrogens is 1. The molecule has 2 heterocycles. The maximum absolute atomic E-state index is 11.7. The average molecular weight is 292 g/mol. The summed E-state index contributed by atoms with van der Waals surface area (Å²) in [7, 11) is 1.37. The fraction of sp³-hybridized carbons (Fsp3) is 0.417. The highest BCUT2D eigenvalue weighted by atomic mass is 16.2. The van der Waals surface area contributed by atoms with Gasteiger partial charge in [0.25, 0.3) is 5.56 Å². The molecular formula is C12H16N6O3. The molecule has 0 fully saturated rings. The molecule has 9 heteroatoms. The molecule has 21 heavy (non-hydrogen) atoms. The second-order valence-electron chi connectivity index (χ2n) is 4.51. The first kappa shape index (κ1) is 14.7. The van der Waals surface area contributed by atoms with Crippen LogP contribution in [0.5, 0.6) is 0 Å². The highest BCUT2D eigenvalue weighted by Crippen LogP contribution is 1.91. The second-order valence-corrected chi connectivity index (χ2v) is 4.51. The second kappa shape index (κ2) is 6.64. The van der Waals surface area contributed by atoms with E-state index in [2.05, 4.69) is 20.5 Å². The van der Waals surface area contributed by atoms with Gasteiger partial charge >= 0.3 is 5.69 Å². The van der Waals surface area contributed by atoms with Crippen LogP contribution in [0.1, 0.15) is 12.2 Å². The Kier molecular flexibility index (Phi) is 4.64. The largest absolute Gasteiger partial charge is 0.355 e. The smallest absolute Gasteiger partial charge is 0.331 e. The van der Waals surface area contributed by atoms with Crippen LogP contribution in [0.2, 0.25) is 0 Å². The van der Waals surface area contributed by atoms with Crippen LogP contribution in [0.4, 0.5) is 0 Å². The number of amides is 1. The van der Waals surface area contributed by atoms with E-state index in [4.69, 9.17) is 0 Å². The molecule has 0 saturated carbocycles. The Morgan fingerprint density at radius 2 is 2.24 bits per heavy atom. The minimum Gasteiger partial charge on any atom is -0.355 e. The molecule has 0 spiro atoms. The van der Waals surface area contributed by atoms with Crippen molar-refractivity contribution in [1.29, 1.82) is 0 Å². The summed E-state index contributed by atoms with van der Waals surface area (Å²) in [5, 5.41) is 9.17. The first-order chi connectivity index (χ1) is 10.1. The Hall–Kier alpha value is -2.71. The summed E-state index contributed by atoms with van der Waals surface area (Å²) in [5.74, 6) is 0.479. The van der Waals surface area contributed by atoms with Crippen LogP contribution in [-0.4, -0.2) is 36.8 Å². The number of aromatic amines is 1. The Labute approximate surface area is 119 Å². The van der Waals surface area contributed by atoms with Crippen molar-refractivity contribution in [1.82, 2.24) is 29.6 Å². The molecule has 112 valence electrons. The van der Waals surface area contributed by atoms with E-state index in [1.807, 2.05) is 0 Å². The lowest BCUT2D eigenvalue weighted by Crippen LogP contribution is -2.40. The predicted octanol–water partition coefficient (Wildman–Crippen LogP) is -1.59. The topological polar surface area (TPSA) is 115 Å². The summed E-state index contributed by atoms with van der Waals surface area (Å²) in [6, 6.07) is 1.25. The van der Waals surface area contributed by atoms with Gasteiger partial charge in [0, 0.05) is 32.3 Å². The SMILES string of the molecule is Cn1c(=O)ccn(CC(=O)NCCCc2ncn[nH]2)c1=O. The molecule has 0 aliphatic rings. The van der Waals surface area contributed by atoms with Crippen molar-refractivity contribution in [3.8, 4) is 0 Å². The Bertz CT molecular complexity index is 715. The van der Waals surface area contributed by atoms with Gasteiger partial charge in [0.1, 0.15) is 18.7 Å². The van der Waals surface area contributed by atoms with Crippen molar-refractivity contribution in [3.05, 3.63) is 45.3 Å². The van der Waals surface area contributed by atoms with E-state index in [1.165, 1.54) is 30.2 Å². The van der Waals surface area contributed by atoms with Crippen molar-refractivity contribution in [3.63, 3.8) is 0 Å². The van der Waals surface area contributed by atoms with Crippen molar-refractivity contribution in [2.24, 2.45) is 7.05 Å². The highest BCUT2D eigenvalue weighted by Gasteiger charge is 2.06. The number of hydrogen-bond donors (Lipinski definition) is 2. The third-order valence-electron chi connectivity index (χ3n) is 2.95. The molecule has 0 bridgehead atoms. The van der Waals surface area contributed by atoms with Gasteiger partial charge in [-0.2, -0.15) is 5.10 Å². The lowest BCUT2D eigenvalue weighted by molar-refractivity contribution is -0.121. The monoisotopic (exact) mass is 292 g/mol. The lowest BCUT2D eigenvalue weighted by atomic mass is 10.3. The molecule has 1 amide bonds. The first-order valence-corrected chi connectivity index (χ1v) is 6.45. The summed E-state index contributed by atoms with van der Waals surface area (Å²) < 4.78 is 2.14. The summed E-state index contributed by atoms with van der Waals surface area (Å²) in [4.78, 5) is 38.7. The van der Waals surface area contributed by atoms with E-state index < -0.39 is 11.2 Å². The summed E-state index contributed by atoms with van der Waals surface area (Å²) in [6.07, 6.45) is 4.14. The third-order valence-corrected chi connectivity index (χ3v) is 2.95. The van der Waals surface area contributed by atoms with E-state index in [0.717, 1.165) is 10.4 Å². The van der Waals surface area contributed by atoms with Crippen LogP contribution in [0.15, 0.2) is 28.2 Å². The van der Waals surface area contributed by atoms with Crippen LogP contribution < -0.4 is 16.6 Å². The van der Waals surface area contributed by atoms with Crippen LogP contribution in [-0.2, 0) is 24.8 Å². The maximum Gasteiger partial charge on any atom is 0.331 e. The molecule has 9 nitrogen and oxygen atoms in total.